The third kappa shape index (κ3) is 3.12. The van der Waals surface area contributed by atoms with Crippen LogP contribution in [0.15, 0.2) is 30.0 Å². The second-order valence-electron chi connectivity index (χ2n) is 7.90. The van der Waals surface area contributed by atoms with Crippen molar-refractivity contribution in [1.82, 2.24) is 9.78 Å². The molecule has 2 heterocycles. The van der Waals surface area contributed by atoms with Crippen molar-refractivity contribution in [3.05, 3.63) is 52.5 Å². The number of rotatable bonds is 3. The SMILES string of the molecule is Cc1ccccc1-n1nc(C)c(C=C(F)B2OC(C)(C)C(C)(C)O2)c1C. The highest BCUT2D eigenvalue weighted by Crippen LogP contribution is 2.39. The molecule has 0 spiro atoms. The molecule has 1 saturated heterocycles. The van der Waals surface area contributed by atoms with Crippen LogP contribution in [0, 0.1) is 20.8 Å². The lowest BCUT2D eigenvalue weighted by Crippen LogP contribution is -2.41. The maximum atomic E-state index is 14.9. The topological polar surface area (TPSA) is 36.3 Å². The van der Waals surface area contributed by atoms with E-state index in [9.17, 15) is 4.39 Å². The van der Waals surface area contributed by atoms with Crippen LogP contribution in [0.5, 0.6) is 0 Å². The van der Waals surface area contributed by atoms with Crippen molar-refractivity contribution in [1.29, 1.82) is 0 Å². The van der Waals surface area contributed by atoms with Crippen LogP contribution in [-0.2, 0) is 9.31 Å². The smallest absolute Gasteiger partial charge is 0.398 e. The fourth-order valence-corrected chi connectivity index (χ4v) is 3.06. The maximum Gasteiger partial charge on any atom is 0.525 e. The Hall–Kier alpha value is -1.92. The largest absolute Gasteiger partial charge is 0.525 e. The summed E-state index contributed by atoms with van der Waals surface area (Å²) in [5.41, 5.74) is 2.90. The van der Waals surface area contributed by atoms with E-state index >= 15 is 0 Å². The van der Waals surface area contributed by atoms with Crippen LogP contribution in [0.1, 0.15) is 50.2 Å². The Bertz CT molecular complexity index is 855. The van der Waals surface area contributed by atoms with E-state index in [1.165, 1.54) is 6.08 Å². The first-order valence-corrected chi connectivity index (χ1v) is 8.88. The molecule has 1 aromatic carbocycles. The fourth-order valence-electron chi connectivity index (χ4n) is 3.06. The molecule has 1 aliphatic rings. The quantitative estimate of drug-likeness (QED) is 0.746. The number of halogens is 1. The van der Waals surface area contributed by atoms with Crippen molar-refractivity contribution in [2.24, 2.45) is 0 Å². The molecule has 0 saturated carbocycles. The van der Waals surface area contributed by atoms with Gasteiger partial charge in [-0.2, -0.15) is 5.10 Å². The predicted octanol–water partition coefficient (Wildman–Crippen LogP) is 4.74. The lowest BCUT2D eigenvalue weighted by atomic mass is 9.86. The molecular formula is C20H26BFN2O2. The monoisotopic (exact) mass is 356 g/mol. The predicted molar refractivity (Wildman–Crippen MR) is 103 cm³/mol. The fraction of sp³-hybridized carbons (Fsp3) is 0.450. The Kier molecular flexibility index (Phi) is 4.61. The van der Waals surface area contributed by atoms with Crippen LogP contribution in [0.2, 0.25) is 0 Å². The first-order valence-electron chi connectivity index (χ1n) is 8.88. The van der Waals surface area contributed by atoms with Gasteiger partial charge in [0, 0.05) is 11.3 Å². The number of aromatic nitrogens is 2. The number of nitrogens with zero attached hydrogens (tertiary/aromatic N) is 2. The van der Waals surface area contributed by atoms with E-state index in [1.807, 2.05) is 77.4 Å². The van der Waals surface area contributed by atoms with Gasteiger partial charge in [0.2, 0.25) is 0 Å². The summed E-state index contributed by atoms with van der Waals surface area (Å²) in [5.74, 6) is 0. The van der Waals surface area contributed by atoms with Crippen molar-refractivity contribution >= 4 is 13.2 Å². The molecule has 1 aliphatic heterocycles. The Morgan fingerprint density at radius 2 is 1.65 bits per heavy atom. The van der Waals surface area contributed by atoms with Gasteiger partial charge in [-0.05, 0) is 66.2 Å². The molecule has 2 aromatic rings. The first-order chi connectivity index (χ1) is 12.0. The molecule has 0 bridgehead atoms. The molecule has 0 aliphatic carbocycles. The van der Waals surface area contributed by atoms with E-state index in [-0.39, 0.29) is 0 Å². The van der Waals surface area contributed by atoms with Gasteiger partial charge in [0.05, 0.1) is 22.6 Å². The summed E-state index contributed by atoms with van der Waals surface area (Å²) in [5, 5.41) is 4.60. The highest BCUT2D eigenvalue weighted by molar-refractivity contribution is 6.54. The molecule has 0 amide bonds. The van der Waals surface area contributed by atoms with Gasteiger partial charge in [-0.3, -0.25) is 0 Å². The lowest BCUT2D eigenvalue weighted by molar-refractivity contribution is 0.00578. The van der Waals surface area contributed by atoms with Crippen molar-refractivity contribution < 1.29 is 13.7 Å². The van der Waals surface area contributed by atoms with Crippen LogP contribution in [-0.4, -0.2) is 28.1 Å². The van der Waals surface area contributed by atoms with Gasteiger partial charge >= 0.3 is 7.12 Å². The number of benzene rings is 1. The van der Waals surface area contributed by atoms with Crippen LogP contribution in [0.4, 0.5) is 4.39 Å². The van der Waals surface area contributed by atoms with E-state index in [0.717, 1.165) is 28.2 Å². The molecular weight excluding hydrogens is 330 g/mol. The molecule has 0 unspecified atom stereocenters. The summed E-state index contributed by atoms with van der Waals surface area (Å²) >= 11 is 0. The zero-order chi connectivity index (χ0) is 19.3. The molecule has 1 aromatic heterocycles. The van der Waals surface area contributed by atoms with E-state index < -0.39 is 24.0 Å². The molecule has 0 radical (unpaired) electrons. The summed E-state index contributed by atoms with van der Waals surface area (Å²) in [4.78, 5) is 0. The Morgan fingerprint density at radius 3 is 2.23 bits per heavy atom. The summed E-state index contributed by atoms with van der Waals surface area (Å²) in [7, 11) is -0.999. The molecule has 0 N–H and O–H groups in total. The Labute approximate surface area is 155 Å². The van der Waals surface area contributed by atoms with Crippen LogP contribution in [0.3, 0.4) is 0 Å². The summed E-state index contributed by atoms with van der Waals surface area (Å²) in [6, 6.07) is 8.00. The first kappa shape index (κ1) is 18.9. The maximum absolute atomic E-state index is 14.9. The minimum atomic E-state index is -0.999. The molecule has 3 rings (SSSR count). The van der Waals surface area contributed by atoms with Crippen molar-refractivity contribution in [2.45, 2.75) is 59.7 Å². The number of para-hydroxylation sites is 1. The van der Waals surface area contributed by atoms with E-state index in [1.54, 1.807) is 0 Å². The summed E-state index contributed by atoms with van der Waals surface area (Å²) in [6.07, 6.45) is 1.48. The molecule has 4 nitrogen and oxygen atoms in total. The van der Waals surface area contributed by atoms with Gasteiger partial charge in [-0.15, -0.1) is 0 Å². The molecule has 26 heavy (non-hydrogen) atoms. The average Bonchev–Trinajstić information content (AvgIpc) is 2.94. The van der Waals surface area contributed by atoms with Crippen molar-refractivity contribution in [3.63, 3.8) is 0 Å². The molecule has 138 valence electrons. The van der Waals surface area contributed by atoms with Gasteiger partial charge in [0.25, 0.3) is 0 Å². The standard InChI is InChI=1S/C20H26BFN2O2/c1-13-10-8-9-11-17(13)24-15(3)16(14(2)23-24)12-18(22)21-25-19(4,5)20(6,7)26-21/h8-12H,1-7H3. The van der Waals surface area contributed by atoms with Crippen LogP contribution >= 0.6 is 0 Å². The summed E-state index contributed by atoms with van der Waals surface area (Å²) in [6.45, 7) is 13.5. The zero-order valence-corrected chi connectivity index (χ0v) is 16.6. The normalized spacial score (nSPS) is 19.2. The second-order valence-corrected chi connectivity index (χ2v) is 7.90. The lowest BCUT2D eigenvalue weighted by Gasteiger charge is -2.32. The van der Waals surface area contributed by atoms with Gasteiger partial charge in [-0.25, -0.2) is 9.07 Å². The number of aryl methyl sites for hydroxylation is 2. The van der Waals surface area contributed by atoms with E-state index in [4.69, 9.17) is 9.31 Å². The average molecular weight is 356 g/mol. The highest BCUT2D eigenvalue weighted by atomic mass is 19.1. The van der Waals surface area contributed by atoms with E-state index in [2.05, 4.69) is 5.10 Å². The third-order valence-electron chi connectivity index (χ3n) is 5.45. The van der Waals surface area contributed by atoms with Gasteiger partial charge in [-0.1, -0.05) is 18.2 Å². The molecule has 1 fully saturated rings. The highest BCUT2D eigenvalue weighted by Gasteiger charge is 2.53. The number of hydrogen-bond acceptors (Lipinski definition) is 3. The third-order valence-corrected chi connectivity index (χ3v) is 5.45. The van der Waals surface area contributed by atoms with Gasteiger partial charge in [0.1, 0.15) is 5.73 Å². The number of hydrogen-bond donors (Lipinski definition) is 0. The van der Waals surface area contributed by atoms with E-state index in [0.29, 0.717) is 0 Å². The minimum Gasteiger partial charge on any atom is -0.398 e. The minimum absolute atomic E-state index is 0.445. The zero-order valence-electron chi connectivity index (χ0n) is 16.6. The Balaban J connectivity index is 1.96. The van der Waals surface area contributed by atoms with Crippen LogP contribution < -0.4 is 0 Å². The van der Waals surface area contributed by atoms with Crippen molar-refractivity contribution in [2.75, 3.05) is 0 Å². The van der Waals surface area contributed by atoms with Gasteiger partial charge in [0.15, 0.2) is 0 Å². The molecule has 6 heteroatoms. The summed E-state index contributed by atoms with van der Waals surface area (Å²) < 4.78 is 28.4. The van der Waals surface area contributed by atoms with Crippen LogP contribution in [0.25, 0.3) is 11.8 Å². The van der Waals surface area contributed by atoms with Crippen molar-refractivity contribution in [3.8, 4) is 5.69 Å². The second kappa shape index (κ2) is 6.36. The molecule has 0 atom stereocenters. The Morgan fingerprint density at radius 1 is 1.08 bits per heavy atom. The van der Waals surface area contributed by atoms with Gasteiger partial charge < -0.3 is 9.31 Å².